The summed E-state index contributed by atoms with van der Waals surface area (Å²) < 4.78 is 63.1. The van der Waals surface area contributed by atoms with Crippen molar-refractivity contribution >= 4 is 35.2 Å². The van der Waals surface area contributed by atoms with E-state index in [1.165, 1.54) is 6.20 Å². The molecular formula is C28H27F6N5O6. The van der Waals surface area contributed by atoms with E-state index in [1.54, 1.807) is 19.1 Å². The quantitative estimate of drug-likeness (QED) is 0.279. The number of alkyl halides is 6. The highest BCUT2D eigenvalue weighted by atomic mass is 19.4. The summed E-state index contributed by atoms with van der Waals surface area (Å²) in [5, 5.41) is 31.6. The SMILES string of the molecule is CC(=O)CCCCC[C@H](NC(=O)c1ccc(C#N)[nH+]c1)C1=NC=C(c2ccccc2)[NH2+]1.O=C([O-])C(F)(F)F.O=C([O-])C(F)(F)F. The van der Waals surface area contributed by atoms with Gasteiger partial charge in [0.25, 0.3) is 11.6 Å². The molecule has 0 saturated heterocycles. The van der Waals surface area contributed by atoms with E-state index < -0.39 is 24.3 Å². The Kier molecular flexibility index (Phi) is 15.1. The summed E-state index contributed by atoms with van der Waals surface area (Å²) in [5.74, 6) is -5.22. The molecule has 4 N–H and O–H groups in total. The normalized spacial score (nSPS) is 12.9. The van der Waals surface area contributed by atoms with Crippen LogP contribution in [-0.4, -0.2) is 47.9 Å². The Morgan fingerprint density at radius 2 is 1.53 bits per heavy atom. The summed E-state index contributed by atoms with van der Waals surface area (Å²) in [4.78, 5) is 48.9. The van der Waals surface area contributed by atoms with E-state index in [-0.39, 0.29) is 17.7 Å². The summed E-state index contributed by atoms with van der Waals surface area (Å²) in [5.41, 5.74) is 2.94. The van der Waals surface area contributed by atoms with E-state index in [0.717, 1.165) is 42.8 Å². The number of carbonyl (C=O) groups excluding carboxylic acids is 4. The molecule has 0 fully saturated rings. The summed E-state index contributed by atoms with van der Waals surface area (Å²) in [6.45, 7) is 1.61. The molecule has 242 valence electrons. The molecule has 11 nitrogen and oxygen atoms in total. The maximum Gasteiger partial charge on any atom is 0.430 e. The van der Waals surface area contributed by atoms with Gasteiger partial charge in [-0.15, -0.1) is 0 Å². The number of nitrogens with zero attached hydrogens (tertiary/aromatic N) is 2. The fourth-order valence-corrected chi connectivity index (χ4v) is 3.43. The van der Waals surface area contributed by atoms with Gasteiger partial charge < -0.3 is 29.9 Å². The van der Waals surface area contributed by atoms with Crippen LogP contribution >= 0.6 is 0 Å². The van der Waals surface area contributed by atoms with Gasteiger partial charge >= 0.3 is 12.4 Å². The molecule has 1 amide bonds. The first-order chi connectivity index (χ1) is 20.9. The van der Waals surface area contributed by atoms with E-state index in [4.69, 9.17) is 25.1 Å². The average molecular weight is 644 g/mol. The van der Waals surface area contributed by atoms with Gasteiger partial charge in [0.1, 0.15) is 29.3 Å². The highest BCUT2D eigenvalue weighted by Gasteiger charge is 2.30. The Morgan fingerprint density at radius 3 is 2.00 bits per heavy atom. The predicted octanol–water partition coefficient (Wildman–Crippen LogP) is 0.582. The molecule has 0 saturated carbocycles. The van der Waals surface area contributed by atoms with Crippen LogP contribution in [0.4, 0.5) is 26.3 Å². The van der Waals surface area contributed by atoms with E-state index >= 15 is 0 Å². The second kappa shape index (κ2) is 17.9. The minimum absolute atomic E-state index is 0.201. The Balaban J connectivity index is 0.000000601. The number of unbranched alkanes of at least 4 members (excludes halogenated alkanes) is 2. The summed E-state index contributed by atoms with van der Waals surface area (Å²) in [6.07, 6.45) is -3.06. The number of carboxylic acids is 2. The zero-order valence-electron chi connectivity index (χ0n) is 23.5. The molecule has 17 heteroatoms. The van der Waals surface area contributed by atoms with Crippen molar-refractivity contribution in [2.75, 3.05) is 0 Å². The molecule has 1 aliphatic heterocycles. The predicted molar refractivity (Wildman–Crippen MR) is 139 cm³/mol. The van der Waals surface area contributed by atoms with Crippen molar-refractivity contribution in [2.24, 2.45) is 4.99 Å². The number of hydrogen-bond acceptors (Lipinski definition) is 8. The molecule has 1 aromatic carbocycles. The lowest BCUT2D eigenvalue weighted by molar-refractivity contribution is -0.434. The molecule has 0 bridgehead atoms. The van der Waals surface area contributed by atoms with Crippen molar-refractivity contribution in [3.05, 3.63) is 71.7 Å². The lowest BCUT2D eigenvalue weighted by Gasteiger charge is -2.17. The number of hydrogen-bond donors (Lipinski definition) is 2. The number of aromatic amines is 1. The third kappa shape index (κ3) is 14.8. The first-order valence-corrected chi connectivity index (χ1v) is 12.9. The average Bonchev–Trinajstić information content (AvgIpc) is 3.47. The molecule has 1 atom stereocenters. The third-order valence-electron chi connectivity index (χ3n) is 5.61. The van der Waals surface area contributed by atoms with E-state index in [9.17, 15) is 35.9 Å². The van der Waals surface area contributed by atoms with Gasteiger partial charge in [-0.2, -0.15) is 31.6 Å². The molecule has 0 aliphatic carbocycles. The second-order valence-corrected chi connectivity index (χ2v) is 9.15. The van der Waals surface area contributed by atoms with Crippen molar-refractivity contribution in [2.45, 2.75) is 57.4 Å². The van der Waals surface area contributed by atoms with Crippen LogP contribution in [0.2, 0.25) is 0 Å². The number of halogens is 6. The number of pyridine rings is 1. The number of Topliss-reactive ketones (excluding diaryl/α,β-unsaturated/α-hetero) is 1. The molecule has 1 aromatic heterocycles. The number of carbonyl (C=O) groups is 4. The summed E-state index contributed by atoms with van der Waals surface area (Å²) >= 11 is 0. The Bertz CT molecular complexity index is 1390. The lowest BCUT2D eigenvalue weighted by Crippen LogP contribution is -2.87. The van der Waals surface area contributed by atoms with Gasteiger partial charge in [0, 0.05) is 18.1 Å². The lowest BCUT2D eigenvalue weighted by atomic mass is 10.0. The van der Waals surface area contributed by atoms with Crippen LogP contribution in [0.15, 0.2) is 59.9 Å². The number of nitriles is 1. The number of rotatable bonds is 10. The van der Waals surface area contributed by atoms with Gasteiger partial charge in [-0.1, -0.05) is 31.0 Å². The fourth-order valence-electron chi connectivity index (χ4n) is 3.43. The smallest absolute Gasteiger partial charge is 0.430 e. The third-order valence-corrected chi connectivity index (χ3v) is 5.61. The molecule has 1 aliphatic rings. The largest absolute Gasteiger partial charge is 0.542 e. The van der Waals surface area contributed by atoms with E-state index in [0.29, 0.717) is 17.7 Å². The Labute approximate surface area is 252 Å². The molecule has 0 unspecified atom stereocenters. The minimum Gasteiger partial charge on any atom is -0.542 e. The fraction of sp³-hybridized carbons (Fsp3) is 0.321. The maximum absolute atomic E-state index is 12.8. The number of aromatic nitrogens is 1. The molecule has 3 rings (SSSR count). The summed E-state index contributed by atoms with van der Waals surface area (Å²) in [7, 11) is 0. The number of H-pyrrole nitrogens is 1. The highest BCUT2D eigenvalue weighted by molar-refractivity contribution is 5.97. The Hall–Kier alpha value is -5.11. The van der Waals surface area contributed by atoms with Crippen molar-refractivity contribution < 1.29 is 66.0 Å². The standard InChI is InChI=1S/C24H25N5O2.2C2HF3O2/c1-17(30)8-4-2-7-11-21(29-24(31)19-12-13-20(14-25)26-15-19)23-27-16-22(28-23)18-9-5-3-6-10-18;2*3-2(4,5)1(6)7/h3,5-6,9-10,12-13,15-16,21H,2,4,7-8,11H2,1H3,(H,27,28)(H,29,31);2*(H,6,7)/t21-;;/m0../s1. The molecule has 0 radical (unpaired) electrons. The zero-order valence-corrected chi connectivity index (χ0v) is 23.5. The van der Waals surface area contributed by atoms with Gasteiger partial charge in [-0.3, -0.25) is 10.1 Å². The van der Waals surface area contributed by atoms with Crippen molar-refractivity contribution in [1.82, 2.24) is 5.32 Å². The van der Waals surface area contributed by atoms with Crippen LogP contribution in [0, 0.1) is 11.3 Å². The molecule has 0 spiro atoms. The van der Waals surface area contributed by atoms with Gasteiger partial charge in [0.05, 0.1) is 6.20 Å². The number of nitrogens with two attached hydrogens (primary N) is 1. The molecule has 2 heterocycles. The number of aliphatic imine (C=N–C) groups is 1. The van der Waals surface area contributed by atoms with E-state index in [2.05, 4.69) is 15.3 Å². The second-order valence-electron chi connectivity index (χ2n) is 9.15. The van der Waals surface area contributed by atoms with Gasteiger partial charge in [-0.05, 0) is 38.0 Å². The van der Waals surface area contributed by atoms with Crippen molar-refractivity contribution in [3.8, 4) is 6.07 Å². The van der Waals surface area contributed by atoms with Crippen LogP contribution < -0.4 is 25.8 Å². The van der Waals surface area contributed by atoms with Gasteiger partial charge in [-0.25, -0.2) is 9.98 Å². The summed E-state index contributed by atoms with van der Waals surface area (Å²) in [6, 6.07) is 15.0. The number of nitrogens with one attached hydrogen (secondary N) is 2. The number of aliphatic carboxylic acids is 2. The van der Waals surface area contributed by atoms with E-state index in [1.807, 2.05) is 47.9 Å². The van der Waals surface area contributed by atoms with Crippen LogP contribution in [0.25, 0.3) is 5.70 Å². The first-order valence-electron chi connectivity index (χ1n) is 12.9. The number of ketones is 1. The zero-order chi connectivity index (χ0) is 34.2. The molecular weight excluding hydrogens is 616 g/mol. The van der Waals surface area contributed by atoms with Crippen molar-refractivity contribution in [1.29, 1.82) is 5.26 Å². The molecule has 45 heavy (non-hydrogen) atoms. The van der Waals surface area contributed by atoms with Crippen LogP contribution in [0.5, 0.6) is 0 Å². The number of carboxylic acid groups (broad SMARTS) is 2. The monoisotopic (exact) mass is 643 g/mol. The van der Waals surface area contributed by atoms with Crippen LogP contribution in [0.3, 0.4) is 0 Å². The minimum atomic E-state index is -5.19. The highest BCUT2D eigenvalue weighted by Crippen LogP contribution is 2.14. The van der Waals surface area contributed by atoms with Gasteiger partial charge in [0.2, 0.25) is 5.84 Å². The van der Waals surface area contributed by atoms with Crippen LogP contribution in [-0.2, 0) is 14.4 Å². The van der Waals surface area contributed by atoms with Gasteiger partial charge in [0.15, 0.2) is 18.0 Å². The maximum atomic E-state index is 12.8. The number of benzene rings is 1. The molecule has 2 aromatic rings. The number of quaternary nitrogens is 1. The number of amides is 1. The van der Waals surface area contributed by atoms with Crippen molar-refractivity contribution in [3.63, 3.8) is 0 Å². The number of amidine groups is 1. The Morgan fingerprint density at radius 1 is 0.956 bits per heavy atom. The van der Waals surface area contributed by atoms with Crippen LogP contribution in [0.1, 0.15) is 60.6 Å². The topological polar surface area (TPSA) is 193 Å². The first kappa shape index (κ1) is 37.9.